The highest BCUT2D eigenvalue weighted by Gasteiger charge is 2.07. The predicted octanol–water partition coefficient (Wildman–Crippen LogP) is 4.16. The lowest BCUT2D eigenvalue weighted by molar-refractivity contribution is -0.137. The minimum atomic E-state index is -0.715. The van der Waals surface area contributed by atoms with Gasteiger partial charge in [0.05, 0.1) is 0 Å². The van der Waals surface area contributed by atoms with E-state index >= 15 is 0 Å². The van der Waals surface area contributed by atoms with Crippen LogP contribution in [0.4, 0.5) is 0 Å². The topological polar surface area (TPSA) is 37.3 Å². The van der Waals surface area contributed by atoms with Crippen molar-refractivity contribution in [1.29, 1.82) is 0 Å². The molecule has 0 heterocycles. The summed E-state index contributed by atoms with van der Waals surface area (Å²) in [5.41, 5.74) is 1.34. The van der Waals surface area contributed by atoms with E-state index in [-0.39, 0.29) is 6.42 Å². The van der Waals surface area contributed by atoms with E-state index < -0.39 is 5.97 Å². The SMILES string of the molecule is CC(CCC(=O)O)Sc1ccc(C(C)C)cc1. The molecule has 94 valence electrons. The Labute approximate surface area is 107 Å². The molecule has 2 nitrogen and oxygen atoms in total. The molecule has 17 heavy (non-hydrogen) atoms. The molecule has 0 saturated carbocycles. The molecular formula is C14H20O2S. The van der Waals surface area contributed by atoms with Crippen molar-refractivity contribution >= 4 is 17.7 Å². The predicted molar refractivity (Wildman–Crippen MR) is 72.7 cm³/mol. The van der Waals surface area contributed by atoms with Gasteiger partial charge in [0, 0.05) is 16.6 Å². The molecule has 0 spiro atoms. The van der Waals surface area contributed by atoms with E-state index in [2.05, 4.69) is 45.0 Å². The Morgan fingerprint density at radius 1 is 1.24 bits per heavy atom. The molecule has 0 bridgehead atoms. The van der Waals surface area contributed by atoms with Gasteiger partial charge in [-0.25, -0.2) is 0 Å². The lowest BCUT2D eigenvalue weighted by Crippen LogP contribution is -2.02. The van der Waals surface area contributed by atoms with Gasteiger partial charge in [-0.2, -0.15) is 0 Å². The number of carbonyl (C=O) groups is 1. The summed E-state index contributed by atoms with van der Waals surface area (Å²) >= 11 is 1.74. The lowest BCUT2D eigenvalue weighted by Gasteiger charge is -2.11. The molecule has 1 unspecified atom stereocenters. The van der Waals surface area contributed by atoms with Gasteiger partial charge in [-0.05, 0) is 30.0 Å². The zero-order valence-electron chi connectivity index (χ0n) is 10.6. The highest BCUT2D eigenvalue weighted by Crippen LogP contribution is 2.27. The molecule has 0 aliphatic rings. The molecule has 1 aromatic rings. The van der Waals surface area contributed by atoms with E-state index in [0.29, 0.717) is 17.6 Å². The van der Waals surface area contributed by atoms with Crippen molar-refractivity contribution < 1.29 is 9.90 Å². The molecule has 3 heteroatoms. The smallest absolute Gasteiger partial charge is 0.303 e. The first kappa shape index (κ1) is 14.1. The summed E-state index contributed by atoms with van der Waals surface area (Å²) < 4.78 is 0. The van der Waals surface area contributed by atoms with Crippen LogP contribution in [0.25, 0.3) is 0 Å². The van der Waals surface area contributed by atoms with Crippen LogP contribution in [0, 0.1) is 0 Å². The first-order valence-corrected chi connectivity index (χ1v) is 6.85. The Balaban J connectivity index is 2.48. The van der Waals surface area contributed by atoms with Gasteiger partial charge in [-0.1, -0.05) is 32.9 Å². The van der Waals surface area contributed by atoms with Crippen LogP contribution in [0.5, 0.6) is 0 Å². The van der Waals surface area contributed by atoms with Gasteiger partial charge in [-0.15, -0.1) is 11.8 Å². The molecule has 1 aromatic carbocycles. The fraction of sp³-hybridized carbons (Fsp3) is 0.500. The first-order valence-electron chi connectivity index (χ1n) is 5.97. The zero-order chi connectivity index (χ0) is 12.8. The lowest BCUT2D eigenvalue weighted by atomic mass is 10.0. The summed E-state index contributed by atoms with van der Waals surface area (Å²) in [6.07, 6.45) is 0.962. The summed E-state index contributed by atoms with van der Waals surface area (Å²) in [5, 5.41) is 8.96. The van der Waals surface area contributed by atoms with E-state index in [9.17, 15) is 4.79 Å². The average molecular weight is 252 g/mol. The maximum atomic E-state index is 10.5. The van der Waals surface area contributed by atoms with Gasteiger partial charge in [-0.3, -0.25) is 4.79 Å². The molecule has 1 N–H and O–H groups in total. The highest BCUT2D eigenvalue weighted by molar-refractivity contribution is 7.99. The minimum absolute atomic E-state index is 0.248. The number of hydrogen-bond donors (Lipinski definition) is 1. The number of thioether (sulfide) groups is 1. The van der Waals surface area contributed by atoms with Gasteiger partial charge < -0.3 is 5.11 Å². The minimum Gasteiger partial charge on any atom is -0.481 e. The first-order chi connectivity index (χ1) is 7.99. The molecule has 0 aromatic heterocycles. The normalized spacial score (nSPS) is 12.7. The van der Waals surface area contributed by atoms with E-state index in [1.54, 1.807) is 11.8 Å². The van der Waals surface area contributed by atoms with Crippen LogP contribution in [-0.4, -0.2) is 16.3 Å². The van der Waals surface area contributed by atoms with Crippen molar-refractivity contribution in [3.05, 3.63) is 29.8 Å². The fourth-order valence-corrected chi connectivity index (χ4v) is 2.54. The average Bonchev–Trinajstić information content (AvgIpc) is 2.27. The van der Waals surface area contributed by atoms with Crippen molar-refractivity contribution in [2.24, 2.45) is 0 Å². The Morgan fingerprint density at radius 2 is 1.82 bits per heavy atom. The van der Waals surface area contributed by atoms with E-state index in [4.69, 9.17) is 5.11 Å². The van der Waals surface area contributed by atoms with Crippen molar-refractivity contribution in [1.82, 2.24) is 0 Å². The van der Waals surface area contributed by atoms with Crippen LogP contribution in [0.3, 0.4) is 0 Å². The Hall–Kier alpha value is -0.960. The van der Waals surface area contributed by atoms with E-state index in [1.807, 2.05) is 0 Å². The molecular weight excluding hydrogens is 232 g/mol. The van der Waals surface area contributed by atoms with Crippen molar-refractivity contribution in [3.63, 3.8) is 0 Å². The van der Waals surface area contributed by atoms with Crippen LogP contribution in [-0.2, 0) is 4.79 Å². The number of aliphatic carboxylic acids is 1. The largest absolute Gasteiger partial charge is 0.481 e. The van der Waals surface area contributed by atoms with E-state index in [1.165, 1.54) is 10.5 Å². The van der Waals surface area contributed by atoms with E-state index in [0.717, 1.165) is 0 Å². The zero-order valence-corrected chi connectivity index (χ0v) is 11.5. The molecule has 0 amide bonds. The highest BCUT2D eigenvalue weighted by atomic mass is 32.2. The second kappa shape index (κ2) is 6.70. The molecule has 1 atom stereocenters. The molecule has 0 radical (unpaired) electrons. The summed E-state index contributed by atoms with van der Waals surface area (Å²) in [6.45, 7) is 6.43. The van der Waals surface area contributed by atoms with Gasteiger partial charge in [0.25, 0.3) is 0 Å². The van der Waals surface area contributed by atoms with Crippen LogP contribution >= 0.6 is 11.8 Å². The summed E-state index contributed by atoms with van der Waals surface area (Å²) in [4.78, 5) is 11.7. The maximum Gasteiger partial charge on any atom is 0.303 e. The van der Waals surface area contributed by atoms with Crippen LogP contribution in [0.2, 0.25) is 0 Å². The van der Waals surface area contributed by atoms with Gasteiger partial charge in [0.15, 0.2) is 0 Å². The molecule has 0 aliphatic heterocycles. The van der Waals surface area contributed by atoms with Gasteiger partial charge >= 0.3 is 5.97 Å². The monoisotopic (exact) mass is 252 g/mol. The Bertz CT molecular complexity index is 357. The Kier molecular flexibility index (Phi) is 5.56. The number of carboxylic acids is 1. The summed E-state index contributed by atoms with van der Waals surface area (Å²) in [7, 11) is 0. The third kappa shape index (κ3) is 5.26. The summed E-state index contributed by atoms with van der Waals surface area (Å²) in [6, 6.07) is 8.54. The van der Waals surface area contributed by atoms with Crippen molar-refractivity contribution in [2.45, 2.75) is 49.7 Å². The number of hydrogen-bond acceptors (Lipinski definition) is 2. The summed E-state index contributed by atoms with van der Waals surface area (Å²) in [5.74, 6) is -0.161. The number of benzene rings is 1. The molecule has 0 saturated heterocycles. The second-order valence-corrected chi connectivity index (χ2v) is 6.10. The molecule has 0 fully saturated rings. The molecule has 1 rings (SSSR count). The second-order valence-electron chi connectivity index (χ2n) is 4.58. The third-order valence-electron chi connectivity index (χ3n) is 2.65. The molecule has 0 aliphatic carbocycles. The quantitative estimate of drug-likeness (QED) is 0.773. The van der Waals surface area contributed by atoms with Gasteiger partial charge in [0.1, 0.15) is 0 Å². The number of carboxylic acid groups (broad SMARTS) is 1. The number of rotatable bonds is 6. The maximum absolute atomic E-state index is 10.5. The van der Waals surface area contributed by atoms with Crippen LogP contribution in [0.15, 0.2) is 29.2 Å². The third-order valence-corrected chi connectivity index (χ3v) is 3.83. The standard InChI is InChI=1S/C14H20O2S/c1-10(2)12-5-7-13(8-6-12)17-11(3)4-9-14(15)16/h5-8,10-11H,4,9H2,1-3H3,(H,15,16). The van der Waals surface area contributed by atoms with Gasteiger partial charge in [0.2, 0.25) is 0 Å². The Morgan fingerprint density at radius 3 is 2.29 bits per heavy atom. The van der Waals surface area contributed by atoms with Crippen LogP contribution < -0.4 is 0 Å². The van der Waals surface area contributed by atoms with Crippen LogP contribution in [0.1, 0.15) is 45.1 Å². The van der Waals surface area contributed by atoms with Crippen molar-refractivity contribution in [2.75, 3.05) is 0 Å². The fourth-order valence-electron chi connectivity index (χ4n) is 1.55. The van der Waals surface area contributed by atoms with Crippen molar-refractivity contribution in [3.8, 4) is 0 Å².